The molecule has 0 unspecified atom stereocenters. The SMILES string of the molecule is CN(Cc1cnn(C)c1)C(=O)NCc1ccnc(OC2CCCC2)c1. The molecular formula is C18H25N5O2. The van der Waals surface area contributed by atoms with Crippen molar-refractivity contribution in [3.63, 3.8) is 0 Å². The van der Waals surface area contributed by atoms with Crippen LogP contribution in [0, 0.1) is 0 Å². The highest BCUT2D eigenvalue weighted by Gasteiger charge is 2.17. The van der Waals surface area contributed by atoms with Gasteiger partial charge in [-0.15, -0.1) is 0 Å². The first-order valence-electron chi connectivity index (χ1n) is 8.68. The standard InChI is InChI=1S/C18H25N5O2/c1-22(12-15-11-21-23(2)13-15)18(24)20-10-14-7-8-19-17(9-14)25-16-5-3-4-6-16/h7-9,11,13,16H,3-6,10,12H2,1-2H3,(H,20,24). The summed E-state index contributed by atoms with van der Waals surface area (Å²) in [7, 11) is 3.63. The molecular weight excluding hydrogens is 318 g/mol. The lowest BCUT2D eigenvalue weighted by molar-refractivity contribution is 0.200. The van der Waals surface area contributed by atoms with Crippen molar-refractivity contribution in [2.24, 2.45) is 7.05 Å². The van der Waals surface area contributed by atoms with Gasteiger partial charge < -0.3 is 15.0 Å². The molecule has 0 radical (unpaired) electrons. The molecule has 1 aliphatic carbocycles. The van der Waals surface area contributed by atoms with Crippen LogP contribution in [-0.2, 0) is 20.1 Å². The number of pyridine rings is 1. The third kappa shape index (κ3) is 4.95. The van der Waals surface area contributed by atoms with Gasteiger partial charge in [-0.2, -0.15) is 5.10 Å². The molecule has 7 heteroatoms. The van der Waals surface area contributed by atoms with E-state index in [1.165, 1.54) is 12.8 Å². The average Bonchev–Trinajstić information content (AvgIpc) is 3.25. The van der Waals surface area contributed by atoms with E-state index in [9.17, 15) is 4.79 Å². The van der Waals surface area contributed by atoms with E-state index >= 15 is 0 Å². The van der Waals surface area contributed by atoms with Crippen molar-refractivity contribution < 1.29 is 9.53 Å². The van der Waals surface area contributed by atoms with E-state index in [0.717, 1.165) is 24.0 Å². The van der Waals surface area contributed by atoms with Gasteiger partial charge in [0.1, 0.15) is 6.10 Å². The third-order valence-electron chi connectivity index (χ3n) is 4.36. The first-order chi connectivity index (χ1) is 12.1. The molecule has 7 nitrogen and oxygen atoms in total. The predicted molar refractivity (Wildman–Crippen MR) is 94.0 cm³/mol. The molecule has 2 aromatic rings. The van der Waals surface area contributed by atoms with Crippen LogP contribution in [0.2, 0.25) is 0 Å². The molecule has 1 N–H and O–H groups in total. The minimum atomic E-state index is -0.126. The Morgan fingerprint density at radius 3 is 2.92 bits per heavy atom. The number of carbonyl (C=O) groups excluding carboxylic acids is 1. The summed E-state index contributed by atoms with van der Waals surface area (Å²) in [5.41, 5.74) is 1.97. The third-order valence-corrected chi connectivity index (χ3v) is 4.36. The first-order valence-corrected chi connectivity index (χ1v) is 8.68. The van der Waals surface area contributed by atoms with Crippen molar-refractivity contribution in [1.82, 2.24) is 25.0 Å². The summed E-state index contributed by atoms with van der Waals surface area (Å²) < 4.78 is 7.63. The lowest BCUT2D eigenvalue weighted by Crippen LogP contribution is -2.36. The van der Waals surface area contributed by atoms with Crippen LogP contribution in [-0.4, -0.2) is 38.8 Å². The van der Waals surface area contributed by atoms with Gasteiger partial charge in [0, 0.05) is 44.7 Å². The van der Waals surface area contributed by atoms with Crippen LogP contribution in [0.1, 0.15) is 36.8 Å². The summed E-state index contributed by atoms with van der Waals surface area (Å²) in [6.07, 6.45) is 10.3. The van der Waals surface area contributed by atoms with Crippen LogP contribution in [0.5, 0.6) is 5.88 Å². The van der Waals surface area contributed by atoms with Crippen molar-refractivity contribution in [3.8, 4) is 5.88 Å². The molecule has 3 rings (SSSR count). The number of hydrogen-bond donors (Lipinski definition) is 1. The fraction of sp³-hybridized carbons (Fsp3) is 0.500. The van der Waals surface area contributed by atoms with Gasteiger partial charge in [-0.1, -0.05) is 0 Å². The highest BCUT2D eigenvalue weighted by molar-refractivity contribution is 5.73. The Bertz CT molecular complexity index is 709. The van der Waals surface area contributed by atoms with Gasteiger partial charge in [-0.25, -0.2) is 9.78 Å². The topological polar surface area (TPSA) is 72.3 Å². The predicted octanol–water partition coefficient (Wildman–Crippen LogP) is 2.48. The van der Waals surface area contributed by atoms with Gasteiger partial charge in [0.15, 0.2) is 0 Å². The number of nitrogens with one attached hydrogen (secondary N) is 1. The molecule has 2 heterocycles. The van der Waals surface area contributed by atoms with E-state index in [1.807, 2.05) is 25.4 Å². The van der Waals surface area contributed by atoms with Gasteiger partial charge in [-0.05, 0) is 37.3 Å². The van der Waals surface area contributed by atoms with Gasteiger partial charge in [0.25, 0.3) is 0 Å². The van der Waals surface area contributed by atoms with E-state index in [1.54, 1.807) is 29.0 Å². The zero-order valence-corrected chi connectivity index (χ0v) is 14.8. The van der Waals surface area contributed by atoms with Crippen molar-refractivity contribution >= 4 is 6.03 Å². The molecule has 1 fully saturated rings. The van der Waals surface area contributed by atoms with Crippen LogP contribution in [0.15, 0.2) is 30.7 Å². The number of rotatable bonds is 6. The van der Waals surface area contributed by atoms with Crippen molar-refractivity contribution in [2.75, 3.05) is 7.05 Å². The maximum atomic E-state index is 12.2. The van der Waals surface area contributed by atoms with Crippen LogP contribution in [0.25, 0.3) is 0 Å². The highest BCUT2D eigenvalue weighted by atomic mass is 16.5. The Hall–Kier alpha value is -2.57. The van der Waals surface area contributed by atoms with Gasteiger partial charge >= 0.3 is 6.03 Å². The summed E-state index contributed by atoms with van der Waals surface area (Å²) >= 11 is 0. The van der Waals surface area contributed by atoms with Crippen LogP contribution >= 0.6 is 0 Å². The number of amides is 2. The van der Waals surface area contributed by atoms with E-state index < -0.39 is 0 Å². The largest absolute Gasteiger partial charge is 0.474 e. The van der Waals surface area contributed by atoms with Gasteiger partial charge in [0.05, 0.1) is 12.7 Å². The quantitative estimate of drug-likeness (QED) is 0.874. The molecule has 0 aliphatic heterocycles. The van der Waals surface area contributed by atoms with Gasteiger partial charge in [0.2, 0.25) is 5.88 Å². The summed E-state index contributed by atoms with van der Waals surface area (Å²) in [5.74, 6) is 0.641. The zero-order valence-electron chi connectivity index (χ0n) is 14.8. The molecule has 2 aromatic heterocycles. The smallest absolute Gasteiger partial charge is 0.317 e. The average molecular weight is 343 g/mol. The number of aryl methyl sites for hydroxylation is 1. The maximum absolute atomic E-state index is 12.2. The lowest BCUT2D eigenvalue weighted by atomic mass is 10.2. The Labute approximate surface area is 148 Å². The van der Waals surface area contributed by atoms with E-state index in [-0.39, 0.29) is 12.1 Å². The number of nitrogens with zero attached hydrogens (tertiary/aromatic N) is 4. The molecule has 0 saturated heterocycles. The molecule has 0 bridgehead atoms. The Balaban J connectivity index is 1.49. The van der Waals surface area contributed by atoms with Crippen LogP contribution in [0.4, 0.5) is 4.79 Å². The van der Waals surface area contributed by atoms with E-state index in [0.29, 0.717) is 19.0 Å². The molecule has 0 atom stereocenters. The van der Waals surface area contributed by atoms with Crippen molar-refractivity contribution in [1.29, 1.82) is 0 Å². The Kier molecular flexibility index (Phi) is 5.53. The molecule has 0 aromatic carbocycles. The monoisotopic (exact) mass is 343 g/mol. The zero-order chi connectivity index (χ0) is 17.6. The molecule has 0 spiro atoms. The minimum absolute atomic E-state index is 0.126. The molecule has 2 amide bonds. The van der Waals surface area contributed by atoms with Crippen molar-refractivity contribution in [2.45, 2.75) is 44.9 Å². The fourth-order valence-electron chi connectivity index (χ4n) is 3.01. The van der Waals surface area contributed by atoms with Crippen LogP contribution in [0.3, 0.4) is 0 Å². The summed E-state index contributed by atoms with van der Waals surface area (Å²) in [5, 5.41) is 7.03. The van der Waals surface area contributed by atoms with Crippen LogP contribution < -0.4 is 10.1 Å². The molecule has 1 saturated carbocycles. The summed E-state index contributed by atoms with van der Waals surface area (Å²) in [4.78, 5) is 18.1. The second kappa shape index (κ2) is 8.00. The maximum Gasteiger partial charge on any atom is 0.317 e. The normalized spacial score (nSPS) is 14.5. The number of hydrogen-bond acceptors (Lipinski definition) is 4. The number of ether oxygens (including phenoxy) is 1. The second-order valence-electron chi connectivity index (χ2n) is 6.56. The number of aromatic nitrogens is 3. The van der Waals surface area contributed by atoms with E-state index in [2.05, 4.69) is 15.4 Å². The minimum Gasteiger partial charge on any atom is -0.474 e. The fourth-order valence-corrected chi connectivity index (χ4v) is 3.01. The Morgan fingerprint density at radius 2 is 2.20 bits per heavy atom. The molecule has 25 heavy (non-hydrogen) atoms. The molecule has 1 aliphatic rings. The van der Waals surface area contributed by atoms with E-state index in [4.69, 9.17) is 4.74 Å². The van der Waals surface area contributed by atoms with Gasteiger partial charge in [-0.3, -0.25) is 4.68 Å². The summed E-state index contributed by atoms with van der Waals surface area (Å²) in [6.45, 7) is 0.964. The number of carbonyl (C=O) groups is 1. The second-order valence-corrected chi connectivity index (χ2v) is 6.56. The first kappa shape index (κ1) is 17.3. The highest BCUT2D eigenvalue weighted by Crippen LogP contribution is 2.23. The lowest BCUT2D eigenvalue weighted by Gasteiger charge is -2.17. The van der Waals surface area contributed by atoms with Crippen molar-refractivity contribution in [3.05, 3.63) is 41.9 Å². The summed E-state index contributed by atoms with van der Waals surface area (Å²) in [6, 6.07) is 3.67. The number of urea groups is 1. The Morgan fingerprint density at radius 1 is 1.40 bits per heavy atom. The molecule has 134 valence electrons.